The van der Waals surface area contributed by atoms with Gasteiger partial charge in [0, 0.05) is 55.7 Å². The standard InChI is InChI=1S/C28H29Cl3F2N4O5/c29-17-2-1-16(19(30)11-17)14-34-28(40)42-23-15-37(22-13-20(22)32)25-18(27(23)39)12-21(33)26(24(25)31)36-5-3-35(4-6-36)7-9-41-10-8-38/h1-2,11-12,15,20,22,38H,3-10,13-14H2,(H,34,40). The summed E-state index contributed by atoms with van der Waals surface area (Å²) in [6, 6.07) is 5.21. The number of anilines is 1. The van der Waals surface area contributed by atoms with E-state index in [9.17, 15) is 14.0 Å². The minimum Gasteiger partial charge on any atom is -0.405 e. The van der Waals surface area contributed by atoms with E-state index >= 15 is 4.39 Å². The van der Waals surface area contributed by atoms with Crippen LogP contribution < -0.4 is 20.4 Å². The molecule has 42 heavy (non-hydrogen) atoms. The number of carbonyl (C=O) groups excluding carboxylic acids is 1. The number of amides is 1. The zero-order chi connectivity index (χ0) is 30.0. The van der Waals surface area contributed by atoms with E-state index in [1.165, 1.54) is 16.8 Å². The largest absolute Gasteiger partial charge is 0.413 e. The number of aliphatic hydroxyl groups excluding tert-OH is 1. The van der Waals surface area contributed by atoms with Crippen LogP contribution in [0.4, 0.5) is 19.3 Å². The molecule has 2 unspecified atom stereocenters. The summed E-state index contributed by atoms with van der Waals surface area (Å²) in [5, 5.41) is 12.0. The Morgan fingerprint density at radius 3 is 2.52 bits per heavy atom. The predicted octanol–water partition coefficient (Wildman–Crippen LogP) is 4.80. The molecule has 1 saturated heterocycles. The second-order valence-electron chi connectivity index (χ2n) is 10.1. The number of aliphatic hydroxyl groups is 1. The van der Waals surface area contributed by atoms with Crippen molar-refractivity contribution in [3.63, 3.8) is 0 Å². The molecule has 1 aromatic heterocycles. The van der Waals surface area contributed by atoms with E-state index in [1.54, 1.807) is 17.0 Å². The van der Waals surface area contributed by atoms with Crippen molar-refractivity contribution >= 4 is 57.5 Å². The first kappa shape index (κ1) is 30.8. The van der Waals surface area contributed by atoms with Crippen LogP contribution >= 0.6 is 34.8 Å². The first-order valence-corrected chi connectivity index (χ1v) is 14.6. The van der Waals surface area contributed by atoms with E-state index in [2.05, 4.69) is 10.2 Å². The summed E-state index contributed by atoms with van der Waals surface area (Å²) >= 11 is 18.8. The number of halogens is 5. The molecule has 0 radical (unpaired) electrons. The quantitative estimate of drug-likeness (QED) is 0.306. The van der Waals surface area contributed by atoms with Gasteiger partial charge in [0.1, 0.15) is 12.0 Å². The van der Waals surface area contributed by atoms with Crippen molar-refractivity contribution < 1.29 is 28.2 Å². The van der Waals surface area contributed by atoms with E-state index in [-0.39, 0.29) is 53.5 Å². The third-order valence-corrected chi connectivity index (χ3v) is 8.25. The molecule has 5 rings (SSSR count). The maximum atomic E-state index is 15.6. The molecule has 1 amide bonds. The van der Waals surface area contributed by atoms with E-state index in [0.717, 1.165) is 6.07 Å². The molecule has 1 saturated carbocycles. The lowest BCUT2D eigenvalue weighted by Crippen LogP contribution is -2.47. The highest BCUT2D eigenvalue weighted by Crippen LogP contribution is 2.44. The van der Waals surface area contributed by atoms with Crippen molar-refractivity contribution in [2.75, 3.05) is 57.4 Å². The van der Waals surface area contributed by atoms with Gasteiger partial charge in [-0.15, -0.1) is 0 Å². The van der Waals surface area contributed by atoms with Crippen LogP contribution in [0.3, 0.4) is 0 Å². The molecule has 2 aliphatic rings. The number of rotatable bonds is 10. The first-order valence-electron chi connectivity index (χ1n) is 13.4. The summed E-state index contributed by atoms with van der Waals surface area (Å²) in [7, 11) is 0. The lowest BCUT2D eigenvalue weighted by atomic mass is 10.1. The Balaban J connectivity index is 1.38. The van der Waals surface area contributed by atoms with Crippen molar-refractivity contribution in [1.29, 1.82) is 0 Å². The first-order chi connectivity index (χ1) is 20.2. The number of ether oxygens (including phenoxy) is 2. The lowest BCUT2D eigenvalue weighted by molar-refractivity contribution is 0.0724. The number of benzene rings is 2. The molecule has 9 nitrogen and oxygen atoms in total. The van der Waals surface area contributed by atoms with Crippen molar-refractivity contribution in [1.82, 2.24) is 14.8 Å². The monoisotopic (exact) mass is 644 g/mol. The highest BCUT2D eigenvalue weighted by atomic mass is 35.5. The van der Waals surface area contributed by atoms with E-state index < -0.39 is 29.6 Å². The second kappa shape index (κ2) is 13.3. The Kier molecular flexibility index (Phi) is 9.76. The molecule has 14 heteroatoms. The fourth-order valence-electron chi connectivity index (χ4n) is 4.99. The Bertz CT molecular complexity index is 1530. The van der Waals surface area contributed by atoms with Gasteiger partial charge >= 0.3 is 6.09 Å². The zero-order valence-electron chi connectivity index (χ0n) is 22.4. The van der Waals surface area contributed by atoms with E-state index in [1.807, 2.05) is 0 Å². The second-order valence-corrected chi connectivity index (χ2v) is 11.3. The molecule has 226 valence electrons. The number of piperazine rings is 1. The number of pyridine rings is 1. The third kappa shape index (κ3) is 6.77. The molecular formula is C28H29Cl3F2N4O5. The number of nitrogens with one attached hydrogen (secondary N) is 1. The molecule has 3 aromatic rings. The fraction of sp³-hybridized carbons (Fsp3) is 0.429. The highest BCUT2D eigenvalue weighted by Gasteiger charge is 2.41. The van der Waals surface area contributed by atoms with Gasteiger partial charge in [0.05, 0.1) is 53.7 Å². The Labute approximate surface area is 255 Å². The van der Waals surface area contributed by atoms with E-state index in [4.69, 9.17) is 49.4 Å². The molecule has 2 atom stereocenters. The van der Waals surface area contributed by atoms with Crippen molar-refractivity contribution in [2.24, 2.45) is 0 Å². The summed E-state index contributed by atoms with van der Waals surface area (Å²) in [6.45, 7) is 3.58. The van der Waals surface area contributed by atoms with Crippen molar-refractivity contribution in [3.8, 4) is 5.75 Å². The maximum Gasteiger partial charge on any atom is 0.413 e. The summed E-state index contributed by atoms with van der Waals surface area (Å²) in [5.41, 5.74) is 0.140. The van der Waals surface area contributed by atoms with Gasteiger partial charge in [0.25, 0.3) is 0 Å². The van der Waals surface area contributed by atoms with Gasteiger partial charge in [-0.3, -0.25) is 9.69 Å². The molecule has 1 aliphatic heterocycles. The molecule has 2 N–H and O–H groups in total. The topological polar surface area (TPSA) is 96.3 Å². The Morgan fingerprint density at radius 2 is 1.86 bits per heavy atom. The van der Waals surface area contributed by atoms with E-state index in [0.29, 0.717) is 54.9 Å². The van der Waals surface area contributed by atoms with Gasteiger partial charge < -0.3 is 29.4 Å². The fourth-order valence-corrected chi connectivity index (χ4v) is 5.88. The molecular weight excluding hydrogens is 617 g/mol. The number of nitrogens with zero attached hydrogens (tertiary/aromatic N) is 3. The number of fused-ring (bicyclic) bond motifs is 1. The summed E-state index contributed by atoms with van der Waals surface area (Å²) in [4.78, 5) is 29.9. The van der Waals surface area contributed by atoms with Crippen molar-refractivity contribution in [3.05, 3.63) is 67.1 Å². The molecule has 2 heterocycles. The number of hydrogen-bond acceptors (Lipinski definition) is 7. The molecule has 0 spiro atoms. The smallest absolute Gasteiger partial charge is 0.405 e. The van der Waals surface area contributed by atoms with Crippen molar-refractivity contribution in [2.45, 2.75) is 25.2 Å². The number of hydrogen-bond donors (Lipinski definition) is 2. The van der Waals surface area contributed by atoms with Crippen LogP contribution in [0, 0.1) is 5.82 Å². The van der Waals surface area contributed by atoms with Crippen LogP contribution in [0.15, 0.2) is 35.3 Å². The maximum absolute atomic E-state index is 15.6. The summed E-state index contributed by atoms with van der Waals surface area (Å²) in [6.07, 6.45) is -0.703. The van der Waals surface area contributed by atoms with Gasteiger partial charge in [0.2, 0.25) is 5.43 Å². The van der Waals surface area contributed by atoms with Crippen LogP contribution in [0.25, 0.3) is 10.9 Å². The van der Waals surface area contributed by atoms with Gasteiger partial charge in [-0.1, -0.05) is 40.9 Å². The Hall–Kier alpha value is -2.67. The summed E-state index contributed by atoms with van der Waals surface area (Å²) < 4.78 is 42.0. The highest BCUT2D eigenvalue weighted by molar-refractivity contribution is 6.38. The normalized spacial score (nSPS) is 18.9. The zero-order valence-corrected chi connectivity index (χ0v) is 24.7. The minimum atomic E-state index is -1.19. The van der Waals surface area contributed by atoms with Crippen LogP contribution in [0.2, 0.25) is 15.1 Å². The van der Waals surface area contributed by atoms with Crippen LogP contribution in [0.5, 0.6) is 5.75 Å². The average Bonchev–Trinajstić information content (AvgIpc) is 3.69. The molecule has 2 fully saturated rings. The van der Waals surface area contributed by atoms with Crippen LogP contribution in [-0.2, 0) is 11.3 Å². The minimum absolute atomic E-state index is 0.00144. The van der Waals surface area contributed by atoms with Crippen LogP contribution in [0.1, 0.15) is 18.0 Å². The molecule has 0 bridgehead atoms. The average molecular weight is 646 g/mol. The Morgan fingerprint density at radius 1 is 1.12 bits per heavy atom. The van der Waals surface area contributed by atoms with Gasteiger partial charge in [0.15, 0.2) is 5.75 Å². The number of aromatic nitrogens is 1. The van der Waals surface area contributed by atoms with Gasteiger partial charge in [-0.2, -0.15) is 0 Å². The summed E-state index contributed by atoms with van der Waals surface area (Å²) in [5.74, 6) is -1.09. The molecule has 1 aliphatic carbocycles. The lowest BCUT2D eigenvalue weighted by Gasteiger charge is -2.36. The third-order valence-electron chi connectivity index (χ3n) is 7.31. The SMILES string of the molecule is O=C(NCc1ccc(Cl)cc1Cl)Oc1cn(C2CC2F)c2c(Cl)c(N3CCN(CCOCCO)CC3)c(F)cc2c1=O. The van der Waals surface area contributed by atoms with Crippen LogP contribution in [-0.4, -0.2) is 79.4 Å². The number of alkyl halides is 1. The van der Waals surface area contributed by atoms with Gasteiger partial charge in [-0.05, 0) is 23.8 Å². The molecule has 2 aromatic carbocycles. The van der Waals surface area contributed by atoms with Gasteiger partial charge in [-0.25, -0.2) is 13.6 Å². The predicted molar refractivity (Wildman–Crippen MR) is 158 cm³/mol. The number of carbonyl (C=O) groups is 1.